The van der Waals surface area contributed by atoms with E-state index in [2.05, 4.69) is 24.5 Å². The summed E-state index contributed by atoms with van der Waals surface area (Å²) in [4.78, 5) is 11.6. The standard InChI is InChI=1S/C10H14N2O2/c1-6(2)3-7-10(13)12-9-5-14-4-8(9)11-7/h4-7,11H,3H2,1-2H3,(H,12,13)/t7-/m1/s1. The Labute approximate surface area is 82.7 Å². The van der Waals surface area contributed by atoms with Gasteiger partial charge < -0.3 is 15.1 Å². The van der Waals surface area contributed by atoms with Crippen LogP contribution in [-0.4, -0.2) is 11.9 Å². The molecule has 2 rings (SSSR count). The molecular formula is C10H14N2O2. The van der Waals surface area contributed by atoms with Crippen molar-refractivity contribution in [3.63, 3.8) is 0 Å². The van der Waals surface area contributed by atoms with Gasteiger partial charge in [0, 0.05) is 0 Å². The second-order valence-electron chi connectivity index (χ2n) is 4.01. The monoisotopic (exact) mass is 194 g/mol. The summed E-state index contributed by atoms with van der Waals surface area (Å²) in [6.07, 6.45) is 3.98. The molecule has 0 saturated heterocycles. The zero-order valence-electron chi connectivity index (χ0n) is 8.33. The molecule has 0 saturated carbocycles. The van der Waals surface area contributed by atoms with Crippen LogP contribution in [0.3, 0.4) is 0 Å². The van der Waals surface area contributed by atoms with Gasteiger partial charge in [0.05, 0.1) is 5.69 Å². The summed E-state index contributed by atoms with van der Waals surface area (Å²) < 4.78 is 4.99. The Morgan fingerprint density at radius 3 is 2.86 bits per heavy atom. The van der Waals surface area contributed by atoms with E-state index in [0.717, 1.165) is 17.8 Å². The van der Waals surface area contributed by atoms with Gasteiger partial charge in [0.25, 0.3) is 0 Å². The highest BCUT2D eigenvalue weighted by Crippen LogP contribution is 2.28. The Morgan fingerprint density at radius 2 is 2.14 bits per heavy atom. The first kappa shape index (κ1) is 9.12. The van der Waals surface area contributed by atoms with Gasteiger partial charge in [-0.25, -0.2) is 0 Å². The van der Waals surface area contributed by atoms with Crippen molar-refractivity contribution in [3.05, 3.63) is 12.5 Å². The van der Waals surface area contributed by atoms with Crippen molar-refractivity contribution < 1.29 is 9.21 Å². The molecule has 0 unspecified atom stereocenters. The Kier molecular flexibility index (Phi) is 2.19. The number of hydrogen-bond donors (Lipinski definition) is 2. The van der Waals surface area contributed by atoms with E-state index in [4.69, 9.17) is 4.42 Å². The van der Waals surface area contributed by atoms with Crippen molar-refractivity contribution in [2.45, 2.75) is 26.3 Å². The summed E-state index contributed by atoms with van der Waals surface area (Å²) >= 11 is 0. The molecule has 1 aromatic heterocycles. The van der Waals surface area contributed by atoms with E-state index in [1.165, 1.54) is 6.26 Å². The number of carbonyl (C=O) groups excluding carboxylic acids is 1. The van der Waals surface area contributed by atoms with Gasteiger partial charge in [0.15, 0.2) is 0 Å². The fraction of sp³-hybridized carbons (Fsp3) is 0.500. The number of anilines is 2. The molecule has 1 aromatic rings. The first-order valence-electron chi connectivity index (χ1n) is 4.80. The number of hydrogen-bond acceptors (Lipinski definition) is 3. The lowest BCUT2D eigenvalue weighted by Crippen LogP contribution is -2.39. The SMILES string of the molecule is CC(C)C[C@H]1Nc2cocc2NC1=O. The number of furan rings is 1. The van der Waals surface area contributed by atoms with Gasteiger partial charge in [-0.15, -0.1) is 0 Å². The smallest absolute Gasteiger partial charge is 0.247 e. The molecular weight excluding hydrogens is 180 g/mol. The summed E-state index contributed by atoms with van der Waals surface area (Å²) in [5.41, 5.74) is 1.60. The summed E-state index contributed by atoms with van der Waals surface area (Å²) in [5.74, 6) is 0.513. The second kappa shape index (κ2) is 3.36. The minimum Gasteiger partial charge on any atom is -0.468 e. The van der Waals surface area contributed by atoms with Crippen LogP contribution in [0.5, 0.6) is 0 Å². The molecule has 0 radical (unpaired) electrons. The third-order valence-electron chi connectivity index (χ3n) is 2.27. The highest BCUT2D eigenvalue weighted by atomic mass is 16.3. The van der Waals surface area contributed by atoms with Crippen molar-refractivity contribution in [3.8, 4) is 0 Å². The van der Waals surface area contributed by atoms with Crippen LogP contribution in [-0.2, 0) is 4.79 Å². The molecule has 0 fully saturated rings. The van der Waals surface area contributed by atoms with Crippen molar-refractivity contribution in [1.29, 1.82) is 0 Å². The van der Waals surface area contributed by atoms with E-state index >= 15 is 0 Å². The Bertz CT molecular complexity index is 344. The van der Waals surface area contributed by atoms with Gasteiger partial charge in [-0.05, 0) is 12.3 Å². The number of amides is 1. The minimum atomic E-state index is -0.139. The molecule has 4 heteroatoms. The van der Waals surface area contributed by atoms with E-state index in [1.54, 1.807) is 6.26 Å². The summed E-state index contributed by atoms with van der Waals surface area (Å²) in [6.45, 7) is 4.19. The molecule has 4 nitrogen and oxygen atoms in total. The van der Waals surface area contributed by atoms with Gasteiger partial charge in [-0.2, -0.15) is 0 Å². The van der Waals surface area contributed by atoms with Gasteiger partial charge in [0.1, 0.15) is 24.3 Å². The maximum absolute atomic E-state index is 11.6. The highest BCUT2D eigenvalue weighted by molar-refractivity contribution is 6.02. The molecule has 1 amide bonds. The third kappa shape index (κ3) is 1.60. The predicted molar refractivity (Wildman–Crippen MR) is 54.2 cm³/mol. The minimum absolute atomic E-state index is 0.0209. The van der Waals surface area contributed by atoms with Crippen LogP contribution in [0.1, 0.15) is 20.3 Å². The van der Waals surface area contributed by atoms with E-state index in [0.29, 0.717) is 5.92 Å². The Balaban J connectivity index is 2.13. The van der Waals surface area contributed by atoms with Crippen molar-refractivity contribution >= 4 is 17.3 Å². The van der Waals surface area contributed by atoms with Crippen molar-refractivity contribution in [2.75, 3.05) is 10.6 Å². The number of nitrogens with one attached hydrogen (secondary N) is 2. The van der Waals surface area contributed by atoms with E-state index in [1.807, 2.05) is 0 Å². The quantitative estimate of drug-likeness (QED) is 0.757. The fourth-order valence-electron chi connectivity index (χ4n) is 1.62. The molecule has 0 bridgehead atoms. The second-order valence-corrected chi connectivity index (χ2v) is 4.01. The normalized spacial score (nSPS) is 20.2. The average molecular weight is 194 g/mol. The lowest BCUT2D eigenvalue weighted by molar-refractivity contribution is -0.117. The van der Waals surface area contributed by atoms with Crippen LogP contribution in [0.4, 0.5) is 11.4 Å². The lowest BCUT2D eigenvalue weighted by Gasteiger charge is -2.24. The zero-order valence-corrected chi connectivity index (χ0v) is 8.33. The van der Waals surface area contributed by atoms with Crippen molar-refractivity contribution in [2.24, 2.45) is 5.92 Å². The summed E-state index contributed by atoms with van der Waals surface area (Å²) in [7, 11) is 0. The molecule has 1 aliphatic heterocycles. The molecule has 1 aliphatic rings. The molecule has 0 spiro atoms. The van der Waals surface area contributed by atoms with E-state index < -0.39 is 0 Å². The van der Waals surface area contributed by atoms with Gasteiger partial charge in [-0.3, -0.25) is 4.79 Å². The van der Waals surface area contributed by atoms with Crippen molar-refractivity contribution in [1.82, 2.24) is 0 Å². The fourth-order valence-corrected chi connectivity index (χ4v) is 1.62. The maximum atomic E-state index is 11.6. The lowest BCUT2D eigenvalue weighted by atomic mass is 10.0. The average Bonchev–Trinajstić information content (AvgIpc) is 2.51. The molecule has 0 aliphatic carbocycles. The van der Waals surface area contributed by atoms with Gasteiger partial charge in [-0.1, -0.05) is 13.8 Å². The van der Waals surface area contributed by atoms with Crippen LogP contribution in [0.2, 0.25) is 0 Å². The summed E-state index contributed by atoms with van der Waals surface area (Å²) in [5, 5.41) is 5.95. The van der Waals surface area contributed by atoms with Crippen LogP contribution >= 0.6 is 0 Å². The zero-order chi connectivity index (χ0) is 10.1. The molecule has 2 N–H and O–H groups in total. The maximum Gasteiger partial charge on any atom is 0.247 e. The first-order valence-corrected chi connectivity index (χ1v) is 4.80. The van der Waals surface area contributed by atoms with Crippen LogP contribution in [0.15, 0.2) is 16.9 Å². The van der Waals surface area contributed by atoms with Crippen LogP contribution in [0.25, 0.3) is 0 Å². The van der Waals surface area contributed by atoms with Gasteiger partial charge in [0.2, 0.25) is 5.91 Å². The van der Waals surface area contributed by atoms with Gasteiger partial charge >= 0.3 is 0 Å². The molecule has 0 aromatic carbocycles. The molecule has 1 atom stereocenters. The molecule has 2 heterocycles. The topological polar surface area (TPSA) is 54.3 Å². The van der Waals surface area contributed by atoms with E-state index in [-0.39, 0.29) is 11.9 Å². The Morgan fingerprint density at radius 1 is 1.43 bits per heavy atom. The molecule has 14 heavy (non-hydrogen) atoms. The number of fused-ring (bicyclic) bond motifs is 1. The number of carbonyl (C=O) groups is 1. The summed E-state index contributed by atoms with van der Waals surface area (Å²) in [6, 6.07) is -0.139. The van der Waals surface area contributed by atoms with E-state index in [9.17, 15) is 4.79 Å². The number of rotatable bonds is 2. The third-order valence-corrected chi connectivity index (χ3v) is 2.27. The predicted octanol–water partition coefficient (Wildman–Crippen LogP) is 2.06. The highest BCUT2D eigenvalue weighted by Gasteiger charge is 2.26. The largest absolute Gasteiger partial charge is 0.468 e. The van der Waals surface area contributed by atoms with Crippen LogP contribution < -0.4 is 10.6 Å². The Hall–Kier alpha value is -1.45. The first-order chi connectivity index (χ1) is 6.66. The van der Waals surface area contributed by atoms with Crippen LogP contribution in [0, 0.1) is 5.92 Å². The molecule has 76 valence electrons.